The van der Waals surface area contributed by atoms with Gasteiger partial charge in [0.15, 0.2) is 23.0 Å². The average molecular weight is 543 g/mol. The molecule has 1 fully saturated rings. The van der Waals surface area contributed by atoms with Gasteiger partial charge in [-0.15, -0.1) is 0 Å². The highest BCUT2D eigenvalue weighted by molar-refractivity contribution is 5.68. The maximum atomic E-state index is 12.4. The fourth-order valence-electron chi connectivity index (χ4n) is 7.73. The molecule has 0 amide bonds. The van der Waals surface area contributed by atoms with E-state index in [2.05, 4.69) is 23.8 Å². The predicted octanol–water partition coefficient (Wildman–Crippen LogP) is 4.14. The zero-order valence-corrected chi connectivity index (χ0v) is 24.8. The lowest BCUT2D eigenvalue weighted by atomic mass is 9.72. The number of hydrogen-bond donors (Lipinski definition) is 1. The third-order valence-electron chi connectivity index (χ3n) is 9.24. The van der Waals surface area contributed by atoms with E-state index in [0.717, 1.165) is 58.5 Å². The summed E-state index contributed by atoms with van der Waals surface area (Å²) in [5, 5.41) is 12.4. The zero-order valence-electron chi connectivity index (χ0n) is 24.8. The van der Waals surface area contributed by atoms with E-state index < -0.39 is 6.10 Å². The van der Waals surface area contributed by atoms with E-state index in [9.17, 15) is 5.11 Å². The van der Waals surface area contributed by atoms with E-state index in [0.29, 0.717) is 28.7 Å². The number of aliphatic hydroxyl groups is 1. The summed E-state index contributed by atoms with van der Waals surface area (Å²) in [7, 11) is 12.2. The van der Waals surface area contributed by atoms with Crippen molar-refractivity contribution in [1.29, 1.82) is 0 Å². The number of likely N-dealkylation sites (N-methyl/N-ethyl adjacent to an activating group) is 1. The van der Waals surface area contributed by atoms with Crippen LogP contribution in [0, 0.1) is 13.8 Å². The van der Waals surface area contributed by atoms with E-state index in [1.807, 2.05) is 13.8 Å². The molecule has 0 saturated carbocycles. The first-order valence-electron chi connectivity index (χ1n) is 13.5. The number of rotatable bonds is 7. The van der Waals surface area contributed by atoms with Gasteiger partial charge in [-0.3, -0.25) is 9.80 Å². The molecule has 0 radical (unpaired) electrons. The van der Waals surface area contributed by atoms with Crippen LogP contribution in [0.4, 0.5) is 0 Å². The predicted molar refractivity (Wildman–Crippen MR) is 148 cm³/mol. The Labute approximate surface area is 231 Å². The Hall–Kier alpha value is -2.88. The zero-order chi connectivity index (χ0) is 28.3. The van der Waals surface area contributed by atoms with Gasteiger partial charge in [0.05, 0.1) is 54.7 Å². The van der Waals surface area contributed by atoms with E-state index in [1.54, 1.807) is 42.7 Å². The molecule has 2 aromatic carbocycles. The van der Waals surface area contributed by atoms with Gasteiger partial charge in [-0.25, -0.2) is 0 Å². The smallest absolute Gasteiger partial charge is 0.167 e. The Kier molecular flexibility index (Phi) is 7.28. The van der Waals surface area contributed by atoms with Crippen LogP contribution in [0.15, 0.2) is 0 Å². The summed E-state index contributed by atoms with van der Waals surface area (Å²) >= 11 is 0. The summed E-state index contributed by atoms with van der Waals surface area (Å²) in [5.74, 6) is 4.13. The molecule has 2 aromatic rings. The lowest BCUT2D eigenvalue weighted by Crippen LogP contribution is -2.64. The summed E-state index contributed by atoms with van der Waals surface area (Å²) < 4.78 is 35.7. The van der Waals surface area contributed by atoms with Crippen molar-refractivity contribution in [2.45, 2.75) is 63.9 Å². The summed E-state index contributed by atoms with van der Waals surface area (Å²) in [5.41, 5.74) is 5.58. The van der Waals surface area contributed by atoms with Crippen molar-refractivity contribution in [3.05, 3.63) is 33.4 Å². The topological polar surface area (TPSA) is 82.1 Å². The standard InChI is InChI=1S/C30H42N2O7/c1-11-18-20-21(26(35-6)15(3)28(37-8)30(20)39-10)24(33)23-22-19-17(12-16(31(22)4)13-32(18)23)25(34-5)14(2)27(36-7)29(19)38-9/h16,18,22-24,33H,11-13H2,1-10H3/t16-,18-,22+,23?,24?/m0/s1. The van der Waals surface area contributed by atoms with Crippen LogP contribution in [0.2, 0.25) is 0 Å². The first kappa shape index (κ1) is 27.7. The van der Waals surface area contributed by atoms with Gasteiger partial charge in [-0.1, -0.05) is 6.92 Å². The van der Waals surface area contributed by atoms with Gasteiger partial charge in [0.2, 0.25) is 0 Å². The Morgan fingerprint density at radius 1 is 0.718 bits per heavy atom. The summed E-state index contributed by atoms with van der Waals surface area (Å²) in [6.45, 7) is 6.91. The molecule has 1 saturated heterocycles. The normalized spacial score (nSPS) is 25.8. The lowest BCUT2D eigenvalue weighted by Gasteiger charge is -2.59. The second kappa shape index (κ2) is 10.3. The molecule has 3 aliphatic rings. The molecule has 0 spiro atoms. The molecule has 5 atom stereocenters. The fraction of sp³-hybridized carbons (Fsp3) is 0.600. The number of nitrogens with zero attached hydrogens (tertiary/aromatic N) is 2. The van der Waals surface area contributed by atoms with Gasteiger partial charge in [-0.2, -0.15) is 0 Å². The maximum Gasteiger partial charge on any atom is 0.167 e. The highest BCUT2D eigenvalue weighted by Crippen LogP contribution is 2.60. The van der Waals surface area contributed by atoms with Gasteiger partial charge in [-0.05, 0) is 33.7 Å². The molecule has 3 heterocycles. The molecule has 5 rings (SSSR count). The van der Waals surface area contributed by atoms with Crippen LogP contribution < -0.4 is 28.4 Å². The molecule has 0 aliphatic carbocycles. The largest absolute Gasteiger partial charge is 0.496 e. The quantitative estimate of drug-likeness (QED) is 0.555. The Morgan fingerprint density at radius 3 is 1.74 bits per heavy atom. The third-order valence-corrected chi connectivity index (χ3v) is 9.24. The fourth-order valence-corrected chi connectivity index (χ4v) is 7.73. The van der Waals surface area contributed by atoms with Crippen molar-refractivity contribution in [1.82, 2.24) is 9.80 Å². The van der Waals surface area contributed by atoms with Gasteiger partial charge in [0.25, 0.3) is 0 Å². The number of piperazine rings is 1. The Bertz CT molecular complexity index is 1280. The minimum absolute atomic E-state index is 0.00719. The van der Waals surface area contributed by atoms with Crippen molar-refractivity contribution < 1.29 is 33.5 Å². The molecule has 3 aliphatic heterocycles. The van der Waals surface area contributed by atoms with E-state index in [-0.39, 0.29) is 24.2 Å². The van der Waals surface area contributed by atoms with E-state index >= 15 is 0 Å². The monoisotopic (exact) mass is 542 g/mol. The summed E-state index contributed by atoms with van der Waals surface area (Å²) in [6.07, 6.45) is 0.765. The minimum atomic E-state index is -0.862. The van der Waals surface area contributed by atoms with Crippen LogP contribution in [-0.4, -0.2) is 83.2 Å². The molecule has 39 heavy (non-hydrogen) atoms. The maximum absolute atomic E-state index is 12.4. The van der Waals surface area contributed by atoms with E-state index in [1.165, 1.54) is 0 Å². The highest BCUT2D eigenvalue weighted by Gasteiger charge is 2.56. The molecule has 0 aromatic heterocycles. The Morgan fingerprint density at radius 2 is 1.23 bits per heavy atom. The van der Waals surface area contributed by atoms with Crippen LogP contribution in [0.3, 0.4) is 0 Å². The lowest BCUT2D eigenvalue weighted by molar-refractivity contribution is -0.102. The average Bonchev–Trinajstić information content (AvgIpc) is 2.92. The van der Waals surface area contributed by atoms with Crippen molar-refractivity contribution in [2.75, 3.05) is 56.3 Å². The molecule has 9 nitrogen and oxygen atoms in total. The van der Waals surface area contributed by atoms with Crippen molar-refractivity contribution in [3.8, 4) is 34.5 Å². The first-order chi connectivity index (χ1) is 18.7. The van der Waals surface area contributed by atoms with Crippen molar-refractivity contribution in [3.63, 3.8) is 0 Å². The van der Waals surface area contributed by atoms with Crippen LogP contribution in [-0.2, 0) is 6.42 Å². The number of fused-ring (bicyclic) bond motifs is 7. The van der Waals surface area contributed by atoms with Crippen LogP contribution in [0.25, 0.3) is 0 Å². The van der Waals surface area contributed by atoms with Gasteiger partial charge in [0, 0.05) is 52.0 Å². The SMILES string of the molecule is CC[C@H]1c2c(OC)c(OC)c(C)c(OC)c2C(O)C2[C@H]3c4c(c(OC)c(C)c(OC)c4OC)C[C@@H](CN21)N3C. The molecule has 2 unspecified atom stereocenters. The molecule has 9 heteroatoms. The summed E-state index contributed by atoms with van der Waals surface area (Å²) in [6, 6.07) is -0.248. The summed E-state index contributed by atoms with van der Waals surface area (Å²) in [4.78, 5) is 4.85. The second-order valence-electron chi connectivity index (χ2n) is 10.7. The van der Waals surface area contributed by atoms with Gasteiger partial charge >= 0.3 is 0 Å². The van der Waals surface area contributed by atoms with Crippen molar-refractivity contribution in [2.24, 2.45) is 0 Å². The number of methoxy groups -OCH3 is 6. The van der Waals surface area contributed by atoms with Crippen LogP contribution in [0.5, 0.6) is 34.5 Å². The number of aliphatic hydroxyl groups excluding tert-OH is 1. The minimum Gasteiger partial charge on any atom is -0.496 e. The molecular formula is C30H42N2O7. The number of hydrogen-bond acceptors (Lipinski definition) is 9. The van der Waals surface area contributed by atoms with Crippen LogP contribution >= 0.6 is 0 Å². The highest BCUT2D eigenvalue weighted by atomic mass is 16.5. The van der Waals surface area contributed by atoms with Crippen LogP contribution in [0.1, 0.15) is 64.9 Å². The molecule has 2 bridgehead atoms. The number of ether oxygens (including phenoxy) is 6. The molecule has 214 valence electrons. The molecular weight excluding hydrogens is 500 g/mol. The van der Waals surface area contributed by atoms with Gasteiger partial charge < -0.3 is 33.5 Å². The van der Waals surface area contributed by atoms with Crippen molar-refractivity contribution >= 4 is 0 Å². The van der Waals surface area contributed by atoms with Gasteiger partial charge in [0.1, 0.15) is 17.6 Å². The Balaban J connectivity index is 1.83. The third kappa shape index (κ3) is 3.62. The second-order valence-corrected chi connectivity index (χ2v) is 10.7. The number of benzene rings is 2. The van der Waals surface area contributed by atoms with E-state index in [4.69, 9.17) is 28.4 Å². The molecule has 1 N–H and O–H groups in total. The first-order valence-corrected chi connectivity index (χ1v) is 13.5.